The molecular weight excluding hydrogens is 751 g/mol. The first kappa shape index (κ1) is 32.4. The summed E-state index contributed by atoms with van der Waals surface area (Å²) >= 11 is 0. The summed E-state index contributed by atoms with van der Waals surface area (Å²) in [6.45, 7) is 0. The zero-order valence-corrected chi connectivity index (χ0v) is 32.3. The number of nitrogens with zero attached hydrogens (tertiary/aromatic N) is 5. The quantitative estimate of drug-likeness (QED) is 0.179. The van der Waals surface area contributed by atoms with Gasteiger partial charge >= 0.3 is 0 Å². The second-order valence-corrected chi connectivity index (χ2v) is 15.9. The molecule has 0 aliphatic heterocycles. The largest absolute Gasteiger partial charge is 0.454 e. The van der Waals surface area contributed by atoms with E-state index >= 15 is 0 Å². The number of fused-ring (bicyclic) bond motifs is 18. The molecule has 61 heavy (non-hydrogen) atoms. The molecule has 0 atom stereocenters. The molecular formula is C54H29N5O2. The molecule has 7 heteroatoms. The topological polar surface area (TPSA) is 77.2 Å². The van der Waals surface area contributed by atoms with Gasteiger partial charge in [0, 0.05) is 43.7 Å². The van der Waals surface area contributed by atoms with Gasteiger partial charge in [-0.3, -0.25) is 4.40 Å². The van der Waals surface area contributed by atoms with E-state index in [2.05, 4.69) is 159 Å². The lowest BCUT2D eigenvalue weighted by atomic mass is 10.0. The molecule has 6 aromatic heterocycles. The van der Waals surface area contributed by atoms with Crippen LogP contribution in [0.25, 0.3) is 127 Å². The van der Waals surface area contributed by atoms with Crippen LogP contribution in [-0.2, 0) is 0 Å². The van der Waals surface area contributed by atoms with Gasteiger partial charge in [-0.25, -0.2) is 4.98 Å². The van der Waals surface area contributed by atoms with Crippen molar-refractivity contribution in [2.75, 3.05) is 0 Å². The molecule has 0 aliphatic rings. The zero-order valence-electron chi connectivity index (χ0n) is 32.3. The van der Waals surface area contributed by atoms with Gasteiger partial charge < -0.3 is 18.0 Å². The van der Waals surface area contributed by atoms with Crippen molar-refractivity contribution in [1.29, 1.82) is 5.26 Å². The van der Waals surface area contributed by atoms with Crippen molar-refractivity contribution in [2.24, 2.45) is 0 Å². The third kappa shape index (κ3) is 4.32. The molecule has 0 aliphatic carbocycles. The van der Waals surface area contributed by atoms with Gasteiger partial charge in [0.15, 0.2) is 16.8 Å². The van der Waals surface area contributed by atoms with Crippen molar-refractivity contribution in [3.63, 3.8) is 0 Å². The predicted molar refractivity (Wildman–Crippen MR) is 246 cm³/mol. The highest BCUT2D eigenvalue weighted by atomic mass is 16.3. The summed E-state index contributed by atoms with van der Waals surface area (Å²) in [6.07, 6.45) is 0. The molecule has 0 saturated carbocycles. The van der Waals surface area contributed by atoms with Crippen molar-refractivity contribution in [1.82, 2.24) is 18.5 Å². The summed E-state index contributed by atoms with van der Waals surface area (Å²) in [5, 5.41) is 17.4. The number of hydrogen-bond acceptors (Lipinski definition) is 4. The van der Waals surface area contributed by atoms with Crippen LogP contribution in [-0.4, -0.2) is 18.5 Å². The third-order valence-electron chi connectivity index (χ3n) is 12.6. The van der Waals surface area contributed by atoms with Crippen LogP contribution in [0, 0.1) is 11.3 Å². The number of para-hydroxylation sites is 4. The lowest BCUT2D eigenvalue weighted by Crippen LogP contribution is -1.94. The Morgan fingerprint density at radius 3 is 1.75 bits per heavy atom. The van der Waals surface area contributed by atoms with Gasteiger partial charge in [-0.15, -0.1) is 0 Å². The van der Waals surface area contributed by atoms with Gasteiger partial charge in [0.25, 0.3) is 0 Å². The van der Waals surface area contributed by atoms with E-state index in [1.54, 1.807) is 6.07 Å². The Morgan fingerprint density at radius 2 is 1.03 bits per heavy atom. The Balaban J connectivity index is 0.980. The van der Waals surface area contributed by atoms with Crippen molar-refractivity contribution in [3.8, 4) is 28.6 Å². The zero-order chi connectivity index (χ0) is 39.9. The molecule has 0 bridgehead atoms. The monoisotopic (exact) mass is 779 g/mol. The SMILES string of the molecule is N#Cc1ccc2oc3c4c5ccccc5oc4c4nc5cc(-n6c7ccccc7c7cc(-c8ccc9c(c8)c8ccccc8n9-c8ccccc8)ccc76)ccc5n4c3c2c1. The highest BCUT2D eigenvalue weighted by Gasteiger charge is 2.25. The summed E-state index contributed by atoms with van der Waals surface area (Å²) in [6, 6.07) is 64.0. The number of nitriles is 1. The maximum Gasteiger partial charge on any atom is 0.182 e. The van der Waals surface area contributed by atoms with Gasteiger partial charge in [-0.2, -0.15) is 5.26 Å². The van der Waals surface area contributed by atoms with E-state index in [0.717, 1.165) is 66.3 Å². The lowest BCUT2D eigenvalue weighted by Gasteiger charge is -2.09. The van der Waals surface area contributed by atoms with E-state index in [0.29, 0.717) is 28.0 Å². The Labute approximate surface area is 345 Å². The van der Waals surface area contributed by atoms with Gasteiger partial charge in [-0.05, 0) is 102 Å². The molecule has 8 aromatic carbocycles. The van der Waals surface area contributed by atoms with Crippen LogP contribution in [0.3, 0.4) is 0 Å². The molecule has 14 rings (SSSR count). The molecule has 7 nitrogen and oxygen atoms in total. The fourth-order valence-electron chi connectivity index (χ4n) is 10.00. The first-order valence-corrected chi connectivity index (χ1v) is 20.3. The van der Waals surface area contributed by atoms with Crippen LogP contribution >= 0.6 is 0 Å². The number of imidazole rings is 1. The van der Waals surface area contributed by atoms with Crippen LogP contribution < -0.4 is 0 Å². The Kier molecular flexibility index (Phi) is 6.24. The predicted octanol–water partition coefficient (Wildman–Crippen LogP) is 14.0. The molecule has 0 amide bonds. The smallest absolute Gasteiger partial charge is 0.182 e. The normalized spacial score (nSPS) is 12.2. The molecule has 0 saturated heterocycles. The summed E-state index contributed by atoms with van der Waals surface area (Å²) in [5.41, 5.74) is 15.8. The lowest BCUT2D eigenvalue weighted by molar-refractivity contribution is 0.662. The first-order valence-electron chi connectivity index (χ1n) is 20.3. The fourth-order valence-corrected chi connectivity index (χ4v) is 10.00. The van der Waals surface area contributed by atoms with Crippen LogP contribution in [0.4, 0.5) is 0 Å². The maximum absolute atomic E-state index is 9.87. The van der Waals surface area contributed by atoms with E-state index in [1.165, 1.54) is 38.1 Å². The van der Waals surface area contributed by atoms with Gasteiger partial charge in [0.2, 0.25) is 0 Å². The van der Waals surface area contributed by atoms with E-state index in [-0.39, 0.29) is 0 Å². The van der Waals surface area contributed by atoms with Crippen LogP contribution in [0.1, 0.15) is 5.56 Å². The van der Waals surface area contributed by atoms with Crippen molar-refractivity contribution in [2.45, 2.75) is 0 Å². The van der Waals surface area contributed by atoms with E-state index in [1.807, 2.05) is 30.3 Å². The molecule has 0 unspecified atom stereocenters. The van der Waals surface area contributed by atoms with Gasteiger partial charge in [0.1, 0.15) is 16.7 Å². The molecule has 0 spiro atoms. The number of furan rings is 2. The van der Waals surface area contributed by atoms with Crippen molar-refractivity contribution < 1.29 is 8.83 Å². The molecule has 282 valence electrons. The first-order chi connectivity index (χ1) is 30.2. The number of benzene rings is 8. The number of pyridine rings is 1. The molecule has 0 N–H and O–H groups in total. The second-order valence-electron chi connectivity index (χ2n) is 15.9. The minimum absolute atomic E-state index is 0.568. The van der Waals surface area contributed by atoms with E-state index in [4.69, 9.17) is 13.8 Å². The number of hydrogen-bond donors (Lipinski definition) is 0. The minimum atomic E-state index is 0.568. The van der Waals surface area contributed by atoms with Crippen LogP contribution in [0.5, 0.6) is 0 Å². The molecule has 14 aromatic rings. The fraction of sp³-hybridized carbons (Fsp3) is 0. The van der Waals surface area contributed by atoms with Crippen LogP contribution in [0.15, 0.2) is 185 Å². The molecule has 0 radical (unpaired) electrons. The number of aromatic nitrogens is 4. The highest BCUT2D eigenvalue weighted by molar-refractivity contribution is 6.25. The molecule has 0 fully saturated rings. The summed E-state index contributed by atoms with van der Waals surface area (Å²) in [4.78, 5) is 5.32. The van der Waals surface area contributed by atoms with Crippen LogP contribution in [0.2, 0.25) is 0 Å². The summed E-state index contributed by atoms with van der Waals surface area (Å²) in [5.74, 6) is 0. The average molecular weight is 780 g/mol. The molecule has 6 heterocycles. The maximum atomic E-state index is 9.87. The van der Waals surface area contributed by atoms with E-state index in [9.17, 15) is 5.26 Å². The second kappa shape index (κ2) is 11.8. The van der Waals surface area contributed by atoms with Gasteiger partial charge in [-0.1, -0.05) is 84.9 Å². The highest BCUT2D eigenvalue weighted by Crippen LogP contribution is 2.44. The van der Waals surface area contributed by atoms with Gasteiger partial charge in [0.05, 0.1) is 50.1 Å². The average Bonchev–Trinajstić information content (AvgIpc) is 4.13. The van der Waals surface area contributed by atoms with E-state index < -0.39 is 0 Å². The Morgan fingerprint density at radius 1 is 0.443 bits per heavy atom. The number of rotatable bonds is 3. The summed E-state index contributed by atoms with van der Waals surface area (Å²) in [7, 11) is 0. The minimum Gasteiger partial charge on any atom is -0.454 e. The van der Waals surface area contributed by atoms with Crippen molar-refractivity contribution in [3.05, 3.63) is 181 Å². The Hall–Kier alpha value is -8.60. The van der Waals surface area contributed by atoms with Crippen molar-refractivity contribution >= 4 is 104 Å². The summed E-state index contributed by atoms with van der Waals surface area (Å²) < 4.78 is 20.0. The Bertz CT molecular complexity index is 4250. The third-order valence-corrected chi connectivity index (χ3v) is 12.6. The standard InChI is InChI=1S/C54H29N5O2/c55-30-31-18-25-49-41(26-31)51-52(60-49)50-38-14-6-9-17-48(38)61-53(50)54-56-42-29-35(21-24-47(42)59(51)54)58-44-16-8-5-13-37(44)40-28-33(20-23-46(40)58)32-19-22-45-39(27-32)36-12-4-7-15-43(36)57(45)34-10-2-1-3-11-34/h1-29H.